The van der Waals surface area contributed by atoms with Crippen LogP contribution in [-0.4, -0.2) is 42.0 Å². The van der Waals surface area contributed by atoms with Crippen LogP contribution in [0.15, 0.2) is 0 Å². The predicted octanol–water partition coefficient (Wildman–Crippen LogP) is 0.270. The van der Waals surface area contributed by atoms with Gasteiger partial charge in [-0.2, -0.15) is 0 Å². The highest BCUT2D eigenvalue weighted by Gasteiger charge is 2.43. The summed E-state index contributed by atoms with van der Waals surface area (Å²) in [6.45, 7) is 2.82. The fourth-order valence-electron chi connectivity index (χ4n) is 2.25. The van der Waals surface area contributed by atoms with Gasteiger partial charge >= 0.3 is 6.03 Å². The van der Waals surface area contributed by atoms with Crippen LogP contribution in [0.4, 0.5) is 4.79 Å². The van der Waals surface area contributed by atoms with Crippen molar-refractivity contribution >= 4 is 17.8 Å². The molecule has 2 aliphatic rings. The van der Waals surface area contributed by atoms with Gasteiger partial charge in [-0.1, -0.05) is 13.3 Å². The minimum Gasteiger partial charge on any atom is -0.379 e. The molecule has 0 bridgehead atoms. The summed E-state index contributed by atoms with van der Waals surface area (Å²) in [5.41, 5.74) is 0. The molecule has 0 aromatic carbocycles. The fraction of sp³-hybridized carbons (Fsp3) is 0.727. The lowest BCUT2D eigenvalue weighted by molar-refractivity contribution is -0.144. The Morgan fingerprint density at radius 1 is 1.41 bits per heavy atom. The number of carbonyl (C=O) groups is 3. The van der Waals surface area contributed by atoms with Gasteiger partial charge in [-0.15, -0.1) is 0 Å². The molecule has 2 aliphatic heterocycles. The standard InChI is InChI=1S/C11H16N2O4/c1-2-3-8-9(14)12-11(16)13(10(8)15)7-4-5-17-6-7/h7-8H,2-6H2,1H3,(H,12,14,16). The second-order valence-electron chi connectivity index (χ2n) is 4.36. The van der Waals surface area contributed by atoms with Crippen LogP contribution in [0.1, 0.15) is 26.2 Å². The number of urea groups is 1. The normalized spacial score (nSPS) is 29.7. The number of amides is 4. The second-order valence-corrected chi connectivity index (χ2v) is 4.36. The quantitative estimate of drug-likeness (QED) is 0.718. The van der Waals surface area contributed by atoms with E-state index in [-0.39, 0.29) is 11.9 Å². The van der Waals surface area contributed by atoms with E-state index >= 15 is 0 Å². The van der Waals surface area contributed by atoms with Gasteiger partial charge in [0, 0.05) is 6.61 Å². The van der Waals surface area contributed by atoms with Crippen molar-refractivity contribution in [2.75, 3.05) is 13.2 Å². The number of barbiturate groups is 1. The lowest BCUT2D eigenvalue weighted by Gasteiger charge is -2.33. The summed E-state index contributed by atoms with van der Waals surface area (Å²) in [5.74, 6) is -1.58. The lowest BCUT2D eigenvalue weighted by Crippen LogP contribution is -2.61. The summed E-state index contributed by atoms with van der Waals surface area (Å²) >= 11 is 0. The SMILES string of the molecule is CCCC1C(=O)NC(=O)N(C2CCOC2)C1=O. The maximum Gasteiger partial charge on any atom is 0.331 e. The van der Waals surface area contributed by atoms with Crippen LogP contribution in [0, 0.1) is 5.92 Å². The Labute approximate surface area is 99.3 Å². The first kappa shape index (κ1) is 12.0. The molecule has 17 heavy (non-hydrogen) atoms. The molecule has 0 aromatic heterocycles. The molecular weight excluding hydrogens is 224 g/mol. The molecule has 2 heterocycles. The fourth-order valence-corrected chi connectivity index (χ4v) is 2.25. The van der Waals surface area contributed by atoms with E-state index in [4.69, 9.17) is 4.74 Å². The van der Waals surface area contributed by atoms with E-state index in [2.05, 4.69) is 5.32 Å². The maximum absolute atomic E-state index is 12.1. The van der Waals surface area contributed by atoms with E-state index in [9.17, 15) is 14.4 Å². The molecule has 2 rings (SSSR count). The van der Waals surface area contributed by atoms with E-state index in [1.165, 1.54) is 0 Å². The van der Waals surface area contributed by atoms with E-state index < -0.39 is 17.9 Å². The monoisotopic (exact) mass is 240 g/mol. The molecule has 0 spiro atoms. The predicted molar refractivity (Wildman–Crippen MR) is 58.0 cm³/mol. The zero-order valence-corrected chi connectivity index (χ0v) is 9.77. The third-order valence-electron chi connectivity index (χ3n) is 3.15. The molecule has 6 nitrogen and oxygen atoms in total. The van der Waals surface area contributed by atoms with Crippen molar-refractivity contribution in [1.82, 2.24) is 10.2 Å². The van der Waals surface area contributed by atoms with E-state index in [1.807, 2.05) is 6.92 Å². The number of carbonyl (C=O) groups excluding carboxylic acids is 3. The minimum absolute atomic E-state index is 0.227. The highest BCUT2D eigenvalue weighted by molar-refractivity contribution is 6.16. The van der Waals surface area contributed by atoms with Crippen LogP contribution in [-0.2, 0) is 14.3 Å². The van der Waals surface area contributed by atoms with E-state index in [1.54, 1.807) is 0 Å². The highest BCUT2D eigenvalue weighted by Crippen LogP contribution is 2.21. The molecule has 0 radical (unpaired) electrons. The number of hydrogen-bond donors (Lipinski definition) is 1. The van der Waals surface area contributed by atoms with Crippen molar-refractivity contribution in [3.63, 3.8) is 0 Å². The Morgan fingerprint density at radius 3 is 2.76 bits per heavy atom. The third-order valence-corrected chi connectivity index (χ3v) is 3.15. The van der Waals surface area contributed by atoms with Crippen LogP contribution < -0.4 is 5.32 Å². The van der Waals surface area contributed by atoms with Gasteiger partial charge in [0.2, 0.25) is 11.8 Å². The second kappa shape index (κ2) is 4.83. The summed E-state index contributed by atoms with van der Waals surface area (Å²) in [6, 6.07) is -0.835. The van der Waals surface area contributed by atoms with Crippen molar-refractivity contribution in [1.29, 1.82) is 0 Å². The van der Waals surface area contributed by atoms with Gasteiger partial charge in [-0.3, -0.25) is 19.8 Å². The molecule has 0 aliphatic carbocycles. The Kier molecular flexibility index (Phi) is 3.42. The van der Waals surface area contributed by atoms with Crippen molar-refractivity contribution in [3.05, 3.63) is 0 Å². The first-order valence-electron chi connectivity index (χ1n) is 5.90. The van der Waals surface area contributed by atoms with Crippen molar-refractivity contribution < 1.29 is 19.1 Å². The van der Waals surface area contributed by atoms with Gasteiger partial charge in [0.15, 0.2) is 0 Å². The molecule has 1 N–H and O–H groups in total. The maximum atomic E-state index is 12.1. The van der Waals surface area contributed by atoms with Gasteiger partial charge in [0.25, 0.3) is 0 Å². The largest absolute Gasteiger partial charge is 0.379 e. The van der Waals surface area contributed by atoms with Crippen molar-refractivity contribution in [2.24, 2.45) is 5.92 Å². The van der Waals surface area contributed by atoms with Crippen LogP contribution in [0.25, 0.3) is 0 Å². The van der Waals surface area contributed by atoms with Gasteiger partial charge in [0.05, 0.1) is 12.6 Å². The Hall–Kier alpha value is -1.43. The van der Waals surface area contributed by atoms with Crippen molar-refractivity contribution in [2.45, 2.75) is 32.2 Å². The summed E-state index contributed by atoms with van der Waals surface area (Å²) in [4.78, 5) is 36.5. The molecule has 94 valence electrons. The Bertz CT molecular complexity index is 349. The molecular formula is C11H16N2O4. The first-order valence-corrected chi connectivity index (χ1v) is 5.90. The smallest absolute Gasteiger partial charge is 0.331 e. The van der Waals surface area contributed by atoms with Crippen LogP contribution in [0.2, 0.25) is 0 Å². The molecule has 4 amide bonds. The number of rotatable bonds is 3. The Morgan fingerprint density at radius 2 is 2.18 bits per heavy atom. The van der Waals surface area contributed by atoms with E-state index in [0.717, 1.165) is 11.3 Å². The summed E-state index contributed by atoms with van der Waals surface area (Å²) < 4.78 is 5.17. The third kappa shape index (κ3) is 2.17. The van der Waals surface area contributed by atoms with Crippen molar-refractivity contribution in [3.8, 4) is 0 Å². The molecule has 0 saturated carbocycles. The first-order chi connectivity index (χ1) is 8.15. The molecule has 2 atom stereocenters. The molecule has 2 saturated heterocycles. The lowest BCUT2D eigenvalue weighted by atomic mass is 9.98. The highest BCUT2D eigenvalue weighted by atomic mass is 16.5. The molecule has 2 fully saturated rings. The summed E-state index contributed by atoms with van der Waals surface area (Å²) in [6.07, 6.45) is 1.85. The average Bonchev–Trinajstić information content (AvgIpc) is 2.77. The zero-order chi connectivity index (χ0) is 12.4. The van der Waals surface area contributed by atoms with Gasteiger partial charge in [-0.25, -0.2) is 4.79 Å². The number of ether oxygens (including phenoxy) is 1. The zero-order valence-electron chi connectivity index (χ0n) is 9.77. The van der Waals surface area contributed by atoms with Crippen LogP contribution in [0.5, 0.6) is 0 Å². The topological polar surface area (TPSA) is 75.7 Å². The van der Waals surface area contributed by atoms with Crippen LogP contribution in [0.3, 0.4) is 0 Å². The number of imide groups is 2. The summed E-state index contributed by atoms with van der Waals surface area (Å²) in [7, 11) is 0. The van der Waals surface area contributed by atoms with Gasteiger partial charge in [0.1, 0.15) is 5.92 Å². The molecule has 2 unspecified atom stereocenters. The van der Waals surface area contributed by atoms with Gasteiger partial charge in [-0.05, 0) is 12.8 Å². The minimum atomic E-state index is -0.724. The van der Waals surface area contributed by atoms with Gasteiger partial charge < -0.3 is 4.74 Å². The molecule has 6 heteroatoms. The molecule has 0 aromatic rings. The number of nitrogens with one attached hydrogen (secondary N) is 1. The Balaban J connectivity index is 2.16. The van der Waals surface area contributed by atoms with E-state index in [0.29, 0.717) is 26.1 Å². The number of nitrogens with zero attached hydrogens (tertiary/aromatic N) is 1. The summed E-state index contributed by atoms with van der Waals surface area (Å²) in [5, 5.41) is 2.24. The number of hydrogen-bond acceptors (Lipinski definition) is 4. The van der Waals surface area contributed by atoms with Crippen LogP contribution >= 0.6 is 0 Å². The average molecular weight is 240 g/mol.